The Morgan fingerprint density at radius 2 is 1.97 bits per heavy atom. The number of pyridine rings is 1. The molecule has 3 heterocycles. The summed E-state index contributed by atoms with van der Waals surface area (Å²) in [5.41, 5.74) is 7.95. The molecule has 3 aromatic rings. The van der Waals surface area contributed by atoms with E-state index >= 15 is 0 Å². The van der Waals surface area contributed by atoms with Crippen LogP contribution in [-0.2, 0) is 23.2 Å². The van der Waals surface area contributed by atoms with Crippen molar-refractivity contribution in [2.75, 3.05) is 6.61 Å². The van der Waals surface area contributed by atoms with E-state index in [2.05, 4.69) is 25.1 Å². The first kappa shape index (κ1) is 18.2. The molecular weight excluding hydrogens is 364 g/mol. The van der Waals surface area contributed by atoms with Crippen LogP contribution in [0.2, 0.25) is 0 Å². The third-order valence-electron chi connectivity index (χ3n) is 6.70. The molecule has 0 fully saturated rings. The van der Waals surface area contributed by atoms with Crippen molar-refractivity contribution in [1.82, 2.24) is 9.38 Å². The molecule has 0 N–H and O–H groups in total. The molecule has 0 amide bonds. The Bertz CT molecular complexity index is 1160. The maximum atomic E-state index is 12.7. The van der Waals surface area contributed by atoms with Gasteiger partial charge < -0.3 is 13.9 Å². The first-order chi connectivity index (χ1) is 13.9. The largest absolute Gasteiger partial charge is 0.478 e. The van der Waals surface area contributed by atoms with Gasteiger partial charge in [0.2, 0.25) is 0 Å². The molecule has 0 bridgehead atoms. The monoisotopic (exact) mass is 390 g/mol. The van der Waals surface area contributed by atoms with Gasteiger partial charge in [0.05, 0.1) is 17.9 Å². The molecule has 1 atom stereocenters. The maximum Gasteiger partial charge on any atom is 0.340 e. The molecule has 150 valence electrons. The molecule has 1 aliphatic carbocycles. The summed E-state index contributed by atoms with van der Waals surface area (Å²) in [6.45, 7) is 8.37. The van der Waals surface area contributed by atoms with Gasteiger partial charge in [-0.1, -0.05) is 18.2 Å². The molecule has 1 unspecified atom stereocenters. The van der Waals surface area contributed by atoms with E-state index in [9.17, 15) is 4.79 Å². The molecule has 1 aromatic carbocycles. The molecular formula is C24H26N2O3. The van der Waals surface area contributed by atoms with Crippen molar-refractivity contribution in [3.05, 3.63) is 63.6 Å². The first-order valence-electron chi connectivity index (χ1n) is 10.4. The van der Waals surface area contributed by atoms with E-state index in [0.29, 0.717) is 12.2 Å². The van der Waals surface area contributed by atoms with Crippen LogP contribution in [0, 0.1) is 20.8 Å². The molecule has 5 heteroatoms. The highest BCUT2D eigenvalue weighted by Gasteiger charge is 2.45. The van der Waals surface area contributed by atoms with Crippen molar-refractivity contribution in [1.29, 1.82) is 0 Å². The molecule has 1 spiro atoms. The van der Waals surface area contributed by atoms with Crippen molar-refractivity contribution in [2.45, 2.75) is 59.0 Å². The summed E-state index contributed by atoms with van der Waals surface area (Å²) < 4.78 is 14.1. The van der Waals surface area contributed by atoms with E-state index in [4.69, 9.17) is 14.5 Å². The summed E-state index contributed by atoms with van der Waals surface area (Å²) in [5.74, 6) is 0.450. The van der Waals surface area contributed by atoms with Gasteiger partial charge in [0, 0.05) is 17.5 Å². The number of fused-ring (bicyclic) bond motifs is 5. The molecule has 5 nitrogen and oxygen atoms in total. The van der Waals surface area contributed by atoms with Crippen LogP contribution >= 0.6 is 0 Å². The Labute approximate surface area is 170 Å². The fraction of sp³-hybridized carbons (Fsp3) is 0.417. The summed E-state index contributed by atoms with van der Waals surface area (Å²) in [7, 11) is 0. The van der Waals surface area contributed by atoms with Crippen molar-refractivity contribution in [2.24, 2.45) is 0 Å². The van der Waals surface area contributed by atoms with Gasteiger partial charge in [-0.2, -0.15) is 0 Å². The smallest absolute Gasteiger partial charge is 0.340 e. The zero-order valence-corrected chi connectivity index (χ0v) is 17.5. The number of hydrogen-bond acceptors (Lipinski definition) is 4. The molecule has 2 aromatic heterocycles. The number of carbonyl (C=O) groups is 1. The fourth-order valence-electron chi connectivity index (χ4n) is 5.01. The van der Waals surface area contributed by atoms with Crippen molar-refractivity contribution in [3.63, 3.8) is 0 Å². The Morgan fingerprint density at radius 3 is 2.72 bits per heavy atom. The molecule has 0 saturated heterocycles. The van der Waals surface area contributed by atoms with Crippen LogP contribution in [0.5, 0.6) is 5.75 Å². The quantitative estimate of drug-likeness (QED) is 0.600. The minimum atomic E-state index is -0.337. The minimum Gasteiger partial charge on any atom is -0.478 e. The zero-order chi connectivity index (χ0) is 20.3. The average Bonchev–Trinajstić information content (AvgIpc) is 3.21. The van der Waals surface area contributed by atoms with Crippen LogP contribution in [-0.4, -0.2) is 22.0 Å². The summed E-state index contributed by atoms with van der Waals surface area (Å²) in [6, 6.07) is 6.50. The number of aromatic nitrogens is 2. The van der Waals surface area contributed by atoms with E-state index < -0.39 is 0 Å². The summed E-state index contributed by atoms with van der Waals surface area (Å²) in [4.78, 5) is 17.5. The van der Waals surface area contributed by atoms with Gasteiger partial charge in [-0.25, -0.2) is 9.78 Å². The molecule has 0 saturated carbocycles. The first-order valence-corrected chi connectivity index (χ1v) is 10.4. The molecule has 1 aliphatic heterocycles. The Balaban J connectivity index is 1.72. The molecule has 5 rings (SSSR count). The van der Waals surface area contributed by atoms with Gasteiger partial charge in [-0.3, -0.25) is 0 Å². The fourth-order valence-corrected chi connectivity index (χ4v) is 5.01. The topological polar surface area (TPSA) is 52.8 Å². The second-order valence-electron chi connectivity index (χ2n) is 8.24. The number of aryl methyl sites for hydroxylation is 3. The molecule has 29 heavy (non-hydrogen) atoms. The minimum absolute atomic E-state index is 0.293. The van der Waals surface area contributed by atoms with Gasteiger partial charge in [0.15, 0.2) is 11.4 Å². The normalized spacial score (nSPS) is 19.9. The van der Waals surface area contributed by atoms with E-state index in [1.807, 2.05) is 31.4 Å². The highest BCUT2D eigenvalue weighted by atomic mass is 16.5. The lowest BCUT2D eigenvalue weighted by Crippen LogP contribution is -2.35. The number of rotatable bonds is 2. The third-order valence-corrected chi connectivity index (χ3v) is 6.70. The second-order valence-corrected chi connectivity index (χ2v) is 8.24. The Hall–Kier alpha value is -2.82. The summed E-state index contributed by atoms with van der Waals surface area (Å²) in [5, 5.41) is 0. The number of carbonyl (C=O) groups excluding carboxylic acids is 1. The zero-order valence-electron chi connectivity index (χ0n) is 17.5. The highest BCUT2D eigenvalue weighted by Crippen LogP contribution is 2.50. The number of nitrogens with zero attached hydrogens (tertiary/aromatic N) is 2. The average molecular weight is 390 g/mol. The van der Waals surface area contributed by atoms with Crippen molar-refractivity contribution < 1.29 is 14.3 Å². The van der Waals surface area contributed by atoms with Crippen LogP contribution in [0.25, 0.3) is 5.65 Å². The van der Waals surface area contributed by atoms with Crippen LogP contribution in [0.3, 0.4) is 0 Å². The van der Waals surface area contributed by atoms with Crippen molar-refractivity contribution in [3.8, 4) is 5.75 Å². The van der Waals surface area contributed by atoms with E-state index in [1.54, 1.807) is 0 Å². The predicted octanol–water partition coefficient (Wildman–Crippen LogP) is 4.60. The van der Waals surface area contributed by atoms with Crippen LogP contribution in [0.4, 0.5) is 0 Å². The Kier molecular flexibility index (Phi) is 3.99. The van der Waals surface area contributed by atoms with Crippen LogP contribution in [0.15, 0.2) is 24.4 Å². The van der Waals surface area contributed by atoms with Gasteiger partial charge in [-0.15, -0.1) is 0 Å². The lowest BCUT2D eigenvalue weighted by atomic mass is 9.85. The molecule has 0 radical (unpaired) electrons. The highest BCUT2D eigenvalue weighted by molar-refractivity contribution is 5.93. The van der Waals surface area contributed by atoms with Gasteiger partial charge in [0.1, 0.15) is 5.60 Å². The van der Waals surface area contributed by atoms with Crippen LogP contribution in [0.1, 0.15) is 63.8 Å². The van der Waals surface area contributed by atoms with Gasteiger partial charge >= 0.3 is 5.97 Å². The SMILES string of the molecule is CCOC(=O)c1cn2c(C)c(C)nc2c2c1CCC1(CCc3c(C)cccc31)O2. The third kappa shape index (κ3) is 2.53. The molecule has 2 aliphatic rings. The van der Waals surface area contributed by atoms with E-state index in [1.165, 1.54) is 16.7 Å². The number of hydrogen-bond donors (Lipinski definition) is 0. The lowest BCUT2D eigenvalue weighted by Gasteiger charge is -2.37. The predicted molar refractivity (Wildman–Crippen MR) is 111 cm³/mol. The summed E-state index contributed by atoms with van der Waals surface area (Å²) >= 11 is 0. The van der Waals surface area contributed by atoms with Crippen molar-refractivity contribution >= 4 is 11.6 Å². The number of esters is 1. The lowest BCUT2D eigenvalue weighted by molar-refractivity contribution is 0.0422. The standard InChI is InChI=1S/C24H26N2O3/c1-5-28-23(27)19-13-26-16(4)15(3)25-22(26)21-18(19)10-12-24(29-21)11-9-17-14(2)7-6-8-20(17)24/h6-8,13H,5,9-12H2,1-4H3. The van der Waals surface area contributed by atoms with E-state index in [-0.39, 0.29) is 11.6 Å². The Morgan fingerprint density at radius 1 is 1.21 bits per heavy atom. The second kappa shape index (κ2) is 6.34. The van der Waals surface area contributed by atoms with Gasteiger partial charge in [-0.05, 0) is 70.1 Å². The van der Waals surface area contributed by atoms with E-state index in [0.717, 1.165) is 54.0 Å². The van der Waals surface area contributed by atoms with Crippen LogP contribution < -0.4 is 4.74 Å². The number of imidazole rings is 1. The number of benzene rings is 1. The number of ether oxygens (including phenoxy) is 2. The maximum absolute atomic E-state index is 12.7. The van der Waals surface area contributed by atoms with Gasteiger partial charge in [0.25, 0.3) is 0 Å². The summed E-state index contributed by atoms with van der Waals surface area (Å²) in [6.07, 6.45) is 5.49.